The van der Waals surface area contributed by atoms with E-state index in [1.54, 1.807) is 12.0 Å². The highest BCUT2D eigenvalue weighted by molar-refractivity contribution is 5.92. The van der Waals surface area contributed by atoms with E-state index in [-0.39, 0.29) is 18.9 Å². The number of nitrogens with one attached hydrogen (secondary N) is 1. The quantitative estimate of drug-likeness (QED) is 0.810. The Morgan fingerprint density at radius 1 is 1.33 bits per heavy atom. The van der Waals surface area contributed by atoms with Gasteiger partial charge in [-0.15, -0.1) is 0 Å². The molecule has 0 bridgehead atoms. The summed E-state index contributed by atoms with van der Waals surface area (Å²) >= 11 is 0. The van der Waals surface area contributed by atoms with Crippen molar-refractivity contribution < 1.29 is 24.2 Å². The molecule has 2 N–H and O–H groups in total. The van der Waals surface area contributed by atoms with Gasteiger partial charge in [-0.25, -0.2) is 4.79 Å². The lowest BCUT2D eigenvalue weighted by Crippen LogP contribution is -2.51. The van der Waals surface area contributed by atoms with Gasteiger partial charge in [0.1, 0.15) is 11.3 Å². The third-order valence-electron chi connectivity index (χ3n) is 4.09. The molecule has 24 heavy (non-hydrogen) atoms. The number of likely N-dealkylation sites (tertiary alicyclic amines) is 1. The number of carbonyl (C=O) groups excluding carboxylic acids is 2. The second kappa shape index (κ2) is 6.90. The number of carbonyl (C=O) groups is 3. The van der Waals surface area contributed by atoms with Crippen LogP contribution in [0.25, 0.3) is 0 Å². The molecule has 7 nitrogen and oxygen atoms in total. The molecule has 1 unspecified atom stereocenters. The number of hydrogen-bond donors (Lipinski definition) is 2. The first-order valence-corrected chi connectivity index (χ1v) is 7.69. The molecule has 0 saturated carbocycles. The molecule has 1 fully saturated rings. The maximum Gasteiger partial charge on any atom is 0.328 e. The lowest BCUT2D eigenvalue weighted by Gasteiger charge is -2.23. The Balaban J connectivity index is 1.97. The highest BCUT2D eigenvalue weighted by atomic mass is 16.5. The Bertz CT molecular complexity index is 639. The van der Waals surface area contributed by atoms with Crippen molar-refractivity contribution in [2.75, 3.05) is 13.7 Å². The monoisotopic (exact) mass is 334 g/mol. The van der Waals surface area contributed by atoms with Gasteiger partial charge < -0.3 is 20.1 Å². The van der Waals surface area contributed by atoms with Crippen molar-refractivity contribution in [1.82, 2.24) is 10.2 Å². The van der Waals surface area contributed by atoms with Gasteiger partial charge in [-0.2, -0.15) is 0 Å². The Hall–Kier alpha value is -2.57. The van der Waals surface area contributed by atoms with Crippen LogP contribution in [0.4, 0.5) is 0 Å². The van der Waals surface area contributed by atoms with Crippen molar-refractivity contribution in [3.63, 3.8) is 0 Å². The van der Waals surface area contributed by atoms with Crippen LogP contribution < -0.4 is 10.1 Å². The van der Waals surface area contributed by atoms with E-state index in [0.29, 0.717) is 6.54 Å². The number of carboxylic acid groups (broad SMARTS) is 1. The minimum Gasteiger partial charge on any atom is -0.497 e. The second-order valence-electron chi connectivity index (χ2n) is 6.44. The maximum atomic E-state index is 12.2. The number of amides is 2. The van der Waals surface area contributed by atoms with Crippen LogP contribution in [-0.2, 0) is 20.9 Å². The number of ether oxygens (including phenoxy) is 1. The van der Waals surface area contributed by atoms with Crippen LogP contribution in [0.3, 0.4) is 0 Å². The third-order valence-corrected chi connectivity index (χ3v) is 4.09. The number of rotatable bonds is 6. The molecule has 0 spiro atoms. The van der Waals surface area contributed by atoms with E-state index in [9.17, 15) is 14.4 Å². The molecule has 0 aliphatic carbocycles. The smallest absolute Gasteiger partial charge is 0.328 e. The van der Waals surface area contributed by atoms with Crippen LogP contribution in [-0.4, -0.2) is 47.0 Å². The first kappa shape index (κ1) is 17.8. The highest BCUT2D eigenvalue weighted by Gasteiger charge is 2.38. The van der Waals surface area contributed by atoms with E-state index < -0.39 is 23.3 Å². The van der Waals surface area contributed by atoms with Crippen LogP contribution in [0.5, 0.6) is 5.75 Å². The van der Waals surface area contributed by atoms with Gasteiger partial charge in [0.25, 0.3) is 0 Å². The van der Waals surface area contributed by atoms with Crippen molar-refractivity contribution in [3.05, 3.63) is 29.8 Å². The summed E-state index contributed by atoms with van der Waals surface area (Å²) in [7, 11) is 1.58. The zero-order chi connectivity index (χ0) is 17.9. The predicted molar refractivity (Wildman–Crippen MR) is 86.4 cm³/mol. The summed E-state index contributed by atoms with van der Waals surface area (Å²) in [5, 5.41) is 11.6. The fraction of sp³-hybridized carbons (Fsp3) is 0.471. The maximum absolute atomic E-state index is 12.2. The average molecular weight is 334 g/mol. The molecule has 1 heterocycles. The number of carboxylic acids is 1. The van der Waals surface area contributed by atoms with Gasteiger partial charge in [0.2, 0.25) is 11.8 Å². The largest absolute Gasteiger partial charge is 0.497 e. The average Bonchev–Trinajstić information content (AvgIpc) is 2.89. The summed E-state index contributed by atoms with van der Waals surface area (Å²) in [6, 6.07) is 7.37. The normalized spacial score (nSPS) is 17.7. The molecule has 130 valence electrons. The first-order chi connectivity index (χ1) is 11.2. The number of benzene rings is 1. The molecule has 1 aliphatic rings. The number of nitrogens with zero attached hydrogens (tertiary/aromatic N) is 1. The van der Waals surface area contributed by atoms with E-state index in [1.807, 2.05) is 24.3 Å². The minimum atomic E-state index is -1.36. The van der Waals surface area contributed by atoms with Crippen molar-refractivity contribution in [2.24, 2.45) is 5.92 Å². The molecule has 7 heteroatoms. The zero-order valence-corrected chi connectivity index (χ0v) is 14.0. The Kier molecular flexibility index (Phi) is 5.11. The molecular formula is C17H22N2O5. The standard InChI is InChI=1S/C17H22N2O5/c1-17(2,16(22)23)18-15(21)12-8-14(20)19(10-12)9-11-4-6-13(24-3)7-5-11/h4-7,12H,8-10H2,1-3H3,(H,18,21)(H,22,23). The molecular weight excluding hydrogens is 312 g/mol. The van der Waals surface area contributed by atoms with E-state index in [0.717, 1.165) is 11.3 Å². The van der Waals surface area contributed by atoms with E-state index in [4.69, 9.17) is 9.84 Å². The van der Waals surface area contributed by atoms with E-state index in [1.165, 1.54) is 13.8 Å². The molecule has 1 aromatic rings. The van der Waals surface area contributed by atoms with E-state index >= 15 is 0 Å². The summed E-state index contributed by atoms with van der Waals surface area (Å²) in [5.41, 5.74) is -0.417. The van der Waals surface area contributed by atoms with Gasteiger partial charge in [0.05, 0.1) is 13.0 Å². The molecule has 1 aromatic carbocycles. The summed E-state index contributed by atoms with van der Waals surface area (Å²) in [6.45, 7) is 3.53. The van der Waals surface area contributed by atoms with Gasteiger partial charge in [-0.05, 0) is 31.5 Å². The fourth-order valence-corrected chi connectivity index (χ4v) is 2.52. The lowest BCUT2D eigenvalue weighted by molar-refractivity contribution is -0.146. The number of aliphatic carboxylic acids is 1. The Morgan fingerprint density at radius 3 is 2.50 bits per heavy atom. The summed E-state index contributed by atoms with van der Waals surface area (Å²) in [6.07, 6.45) is 0.0949. The van der Waals surface area contributed by atoms with Crippen molar-refractivity contribution in [3.8, 4) is 5.75 Å². The highest BCUT2D eigenvalue weighted by Crippen LogP contribution is 2.22. The fourth-order valence-electron chi connectivity index (χ4n) is 2.52. The van der Waals surface area contributed by atoms with Crippen LogP contribution in [0, 0.1) is 5.92 Å². The Labute approximate surface area is 140 Å². The first-order valence-electron chi connectivity index (χ1n) is 7.69. The predicted octanol–water partition coefficient (Wildman–Crippen LogP) is 1.02. The lowest BCUT2D eigenvalue weighted by atomic mass is 10.0. The van der Waals surface area contributed by atoms with Gasteiger partial charge in [-0.3, -0.25) is 9.59 Å². The summed E-state index contributed by atoms with van der Waals surface area (Å²) in [4.78, 5) is 37.0. The molecule has 1 atom stereocenters. The molecule has 0 aromatic heterocycles. The van der Waals surface area contributed by atoms with Gasteiger partial charge >= 0.3 is 5.97 Å². The van der Waals surface area contributed by atoms with Crippen LogP contribution in [0.1, 0.15) is 25.8 Å². The molecule has 2 rings (SSSR count). The molecule has 1 aliphatic heterocycles. The Morgan fingerprint density at radius 2 is 1.96 bits per heavy atom. The van der Waals surface area contributed by atoms with Crippen LogP contribution >= 0.6 is 0 Å². The van der Waals surface area contributed by atoms with Crippen LogP contribution in [0.2, 0.25) is 0 Å². The molecule has 2 amide bonds. The topological polar surface area (TPSA) is 95.9 Å². The second-order valence-corrected chi connectivity index (χ2v) is 6.44. The van der Waals surface area contributed by atoms with E-state index in [2.05, 4.69) is 5.32 Å². The van der Waals surface area contributed by atoms with Gasteiger partial charge in [0, 0.05) is 19.5 Å². The summed E-state index contributed by atoms with van der Waals surface area (Å²) < 4.78 is 5.09. The summed E-state index contributed by atoms with van der Waals surface area (Å²) in [5.74, 6) is -1.43. The number of methoxy groups -OCH3 is 1. The van der Waals surface area contributed by atoms with Crippen molar-refractivity contribution in [2.45, 2.75) is 32.4 Å². The molecule has 0 radical (unpaired) electrons. The SMILES string of the molecule is COc1ccc(CN2CC(C(=O)NC(C)(C)C(=O)O)CC2=O)cc1. The van der Waals surface area contributed by atoms with Gasteiger partial charge in [0.15, 0.2) is 0 Å². The van der Waals surface area contributed by atoms with Crippen molar-refractivity contribution in [1.29, 1.82) is 0 Å². The third kappa shape index (κ3) is 4.04. The van der Waals surface area contributed by atoms with Crippen LogP contribution in [0.15, 0.2) is 24.3 Å². The zero-order valence-electron chi connectivity index (χ0n) is 14.0. The minimum absolute atomic E-state index is 0.0949. The number of hydrogen-bond acceptors (Lipinski definition) is 4. The molecule has 1 saturated heterocycles. The van der Waals surface area contributed by atoms with Crippen molar-refractivity contribution >= 4 is 17.8 Å². The van der Waals surface area contributed by atoms with Gasteiger partial charge in [-0.1, -0.05) is 12.1 Å².